The normalized spacial score (nSPS) is 10.8. The number of para-hydroxylation sites is 1. The monoisotopic (exact) mass is 351 g/mol. The lowest BCUT2D eigenvalue weighted by atomic mass is 10.1. The van der Waals surface area contributed by atoms with E-state index in [0.29, 0.717) is 32.1 Å². The third-order valence-electron chi connectivity index (χ3n) is 3.49. The van der Waals surface area contributed by atoms with Gasteiger partial charge in [0.15, 0.2) is 11.5 Å². The molecule has 0 spiro atoms. The Labute approximate surface area is 146 Å². The van der Waals surface area contributed by atoms with Crippen LogP contribution in [0.2, 0.25) is 0 Å². The smallest absolute Gasteiger partial charge is 0.387 e. The van der Waals surface area contributed by atoms with Crippen molar-refractivity contribution in [1.82, 2.24) is 0 Å². The molecule has 0 unspecified atom stereocenters. The first-order chi connectivity index (χ1) is 12.1. The van der Waals surface area contributed by atoms with Gasteiger partial charge in [0.1, 0.15) is 0 Å². The molecule has 0 aliphatic rings. The van der Waals surface area contributed by atoms with Crippen LogP contribution in [0.15, 0.2) is 42.5 Å². The van der Waals surface area contributed by atoms with E-state index in [0.717, 1.165) is 16.8 Å². The zero-order valence-electron chi connectivity index (χ0n) is 14.4. The number of hydrogen-bond donors (Lipinski definition) is 1. The van der Waals surface area contributed by atoms with Crippen molar-refractivity contribution >= 4 is 5.69 Å². The van der Waals surface area contributed by atoms with Crippen molar-refractivity contribution in [3.63, 3.8) is 0 Å². The van der Waals surface area contributed by atoms with Crippen LogP contribution < -0.4 is 14.8 Å². The van der Waals surface area contributed by atoms with Gasteiger partial charge < -0.3 is 19.5 Å². The molecule has 6 heteroatoms. The minimum atomic E-state index is -2.88. The molecule has 0 heterocycles. The molecule has 1 N–H and O–H groups in total. The van der Waals surface area contributed by atoms with Crippen molar-refractivity contribution in [1.29, 1.82) is 0 Å². The number of halogens is 2. The van der Waals surface area contributed by atoms with Crippen LogP contribution >= 0.6 is 0 Å². The van der Waals surface area contributed by atoms with Crippen molar-refractivity contribution in [2.24, 2.45) is 0 Å². The minimum Gasteiger partial charge on any atom is -0.490 e. The standard InChI is InChI=1S/C19H23F2NO3/c1-3-23-13-15-7-5-6-8-16(15)22-12-14-9-10-17(25-19(20)21)18(11-14)24-4-2/h5-11,19,22H,3-4,12-13H2,1-2H3. The fourth-order valence-corrected chi connectivity index (χ4v) is 2.35. The molecule has 0 saturated heterocycles. The molecule has 0 bridgehead atoms. The average molecular weight is 351 g/mol. The molecule has 4 nitrogen and oxygen atoms in total. The Hall–Kier alpha value is -2.34. The lowest BCUT2D eigenvalue weighted by molar-refractivity contribution is -0.0514. The molecule has 0 aromatic heterocycles. The Morgan fingerprint density at radius 2 is 1.80 bits per heavy atom. The Balaban J connectivity index is 2.09. The highest BCUT2D eigenvalue weighted by molar-refractivity contribution is 5.52. The Morgan fingerprint density at radius 1 is 1.00 bits per heavy atom. The topological polar surface area (TPSA) is 39.7 Å². The molecule has 0 radical (unpaired) electrons. The van der Waals surface area contributed by atoms with Crippen molar-refractivity contribution in [3.05, 3.63) is 53.6 Å². The van der Waals surface area contributed by atoms with Gasteiger partial charge in [0.25, 0.3) is 0 Å². The summed E-state index contributed by atoms with van der Waals surface area (Å²) >= 11 is 0. The van der Waals surface area contributed by atoms with Gasteiger partial charge in [0.05, 0.1) is 13.2 Å². The largest absolute Gasteiger partial charge is 0.490 e. The van der Waals surface area contributed by atoms with Crippen LogP contribution in [0.25, 0.3) is 0 Å². The van der Waals surface area contributed by atoms with E-state index in [9.17, 15) is 8.78 Å². The predicted octanol–water partition coefficient (Wildman–Crippen LogP) is 4.84. The fraction of sp³-hybridized carbons (Fsp3) is 0.368. The molecular formula is C19H23F2NO3. The second kappa shape index (κ2) is 9.84. The molecule has 0 fully saturated rings. The summed E-state index contributed by atoms with van der Waals surface area (Å²) in [6.45, 7) is 2.94. The van der Waals surface area contributed by atoms with Crippen LogP contribution in [0.4, 0.5) is 14.5 Å². The number of rotatable bonds is 10. The zero-order valence-corrected chi connectivity index (χ0v) is 14.4. The molecule has 0 aliphatic heterocycles. The van der Waals surface area contributed by atoms with Gasteiger partial charge in [-0.25, -0.2) is 0 Å². The number of nitrogens with one attached hydrogen (secondary N) is 1. The SMILES string of the molecule is CCOCc1ccccc1NCc1ccc(OC(F)F)c(OCC)c1. The van der Waals surface area contributed by atoms with Crippen LogP contribution in [0, 0.1) is 0 Å². The zero-order chi connectivity index (χ0) is 18.1. The summed E-state index contributed by atoms with van der Waals surface area (Å²) in [5.41, 5.74) is 2.94. The van der Waals surface area contributed by atoms with E-state index in [2.05, 4.69) is 10.1 Å². The fourth-order valence-electron chi connectivity index (χ4n) is 2.35. The highest BCUT2D eigenvalue weighted by Crippen LogP contribution is 2.30. The van der Waals surface area contributed by atoms with Crippen LogP contribution in [0.1, 0.15) is 25.0 Å². The van der Waals surface area contributed by atoms with Gasteiger partial charge in [-0.15, -0.1) is 0 Å². The van der Waals surface area contributed by atoms with E-state index in [1.165, 1.54) is 6.07 Å². The minimum absolute atomic E-state index is 0.0392. The van der Waals surface area contributed by atoms with Gasteiger partial charge in [-0.3, -0.25) is 0 Å². The number of ether oxygens (including phenoxy) is 3. The third-order valence-corrected chi connectivity index (χ3v) is 3.49. The van der Waals surface area contributed by atoms with Gasteiger partial charge >= 0.3 is 6.61 Å². The van der Waals surface area contributed by atoms with Gasteiger partial charge in [-0.2, -0.15) is 8.78 Å². The summed E-state index contributed by atoms with van der Waals surface area (Å²) < 4.78 is 40.3. The first kappa shape index (κ1) is 19.0. The molecule has 2 aromatic carbocycles. The molecule has 136 valence electrons. The summed E-state index contributed by atoms with van der Waals surface area (Å²) in [5.74, 6) is 0.349. The third kappa shape index (κ3) is 5.90. The summed E-state index contributed by atoms with van der Waals surface area (Å²) in [4.78, 5) is 0. The van der Waals surface area contributed by atoms with E-state index in [-0.39, 0.29) is 5.75 Å². The maximum absolute atomic E-state index is 12.5. The van der Waals surface area contributed by atoms with E-state index in [1.807, 2.05) is 31.2 Å². The predicted molar refractivity (Wildman–Crippen MR) is 93.3 cm³/mol. The van der Waals surface area contributed by atoms with Gasteiger partial charge in [-0.05, 0) is 37.6 Å². The first-order valence-electron chi connectivity index (χ1n) is 8.24. The van der Waals surface area contributed by atoms with Gasteiger partial charge in [-0.1, -0.05) is 24.3 Å². The summed E-state index contributed by atoms with van der Waals surface area (Å²) in [5, 5.41) is 3.34. The summed E-state index contributed by atoms with van der Waals surface area (Å²) in [6.07, 6.45) is 0. The van der Waals surface area contributed by atoms with Gasteiger partial charge in [0.2, 0.25) is 0 Å². The molecule has 2 rings (SSSR count). The van der Waals surface area contributed by atoms with Crippen molar-refractivity contribution in [2.75, 3.05) is 18.5 Å². The summed E-state index contributed by atoms with van der Waals surface area (Å²) in [6, 6.07) is 12.8. The Morgan fingerprint density at radius 3 is 2.52 bits per heavy atom. The van der Waals surface area contributed by atoms with Gasteiger partial charge in [0, 0.05) is 24.4 Å². The Kier molecular flexibility index (Phi) is 7.47. The lowest BCUT2D eigenvalue weighted by Gasteiger charge is -2.15. The van der Waals surface area contributed by atoms with Crippen LogP contribution in [0.5, 0.6) is 11.5 Å². The maximum atomic E-state index is 12.5. The van der Waals surface area contributed by atoms with E-state index < -0.39 is 6.61 Å². The van der Waals surface area contributed by atoms with Crippen molar-refractivity contribution in [3.8, 4) is 11.5 Å². The summed E-state index contributed by atoms with van der Waals surface area (Å²) in [7, 11) is 0. The van der Waals surface area contributed by atoms with Crippen molar-refractivity contribution < 1.29 is 23.0 Å². The molecular weight excluding hydrogens is 328 g/mol. The quantitative estimate of drug-likeness (QED) is 0.665. The highest BCUT2D eigenvalue weighted by Gasteiger charge is 2.12. The van der Waals surface area contributed by atoms with E-state index >= 15 is 0 Å². The second-order valence-electron chi connectivity index (χ2n) is 5.24. The molecule has 0 saturated carbocycles. The lowest BCUT2D eigenvalue weighted by Crippen LogP contribution is -2.07. The molecule has 25 heavy (non-hydrogen) atoms. The van der Waals surface area contributed by atoms with Crippen molar-refractivity contribution in [2.45, 2.75) is 33.6 Å². The van der Waals surface area contributed by atoms with E-state index in [1.54, 1.807) is 19.1 Å². The number of benzene rings is 2. The highest BCUT2D eigenvalue weighted by atomic mass is 19.3. The molecule has 0 aliphatic carbocycles. The number of hydrogen-bond acceptors (Lipinski definition) is 4. The van der Waals surface area contributed by atoms with Crippen LogP contribution in [-0.4, -0.2) is 19.8 Å². The average Bonchev–Trinajstić information content (AvgIpc) is 2.60. The number of anilines is 1. The van der Waals surface area contributed by atoms with Crippen LogP contribution in [0.3, 0.4) is 0 Å². The molecule has 2 aromatic rings. The molecule has 0 atom stereocenters. The molecule has 0 amide bonds. The van der Waals surface area contributed by atoms with Crippen LogP contribution in [-0.2, 0) is 17.9 Å². The Bertz CT molecular complexity index is 665. The second-order valence-corrected chi connectivity index (χ2v) is 5.24. The van der Waals surface area contributed by atoms with E-state index in [4.69, 9.17) is 9.47 Å². The number of alkyl halides is 2. The maximum Gasteiger partial charge on any atom is 0.387 e. The first-order valence-corrected chi connectivity index (χ1v) is 8.24.